The molecule has 1 unspecified atom stereocenters. The lowest BCUT2D eigenvalue weighted by atomic mass is 10.1. The summed E-state index contributed by atoms with van der Waals surface area (Å²) >= 11 is 0. The first-order valence-electron chi connectivity index (χ1n) is 9.85. The first-order chi connectivity index (χ1) is 14.3. The van der Waals surface area contributed by atoms with Crippen molar-refractivity contribution in [1.29, 1.82) is 0 Å². The Hall–Kier alpha value is -2.48. The number of aliphatic hydroxyl groups excluding tert-OH is 2. The van der Waals surface area contributed by atoms with Crippen LogP contribution in [0, 0.1) is 0 Å². The summed E-state index contributed by atoms with van der Waals surface area (Å²) in [7, 11) is -3.64. The first-order valence-corrected chi connectivity index (χ1v) is 11.7. The van der Waals surface area contributed by atoms with Crippen LogP contribution in [0.1, 0.15) is 25.7 Å². The van der Waals surface area contributed by atoms with Gasteiger partial charge in [-0.3, -0.25) is 4.79 Å². The zero-order valence-electron chi connectivity index (χ0n) is 17.0. The predicted octanol–water partition coefficient (Wildman–Crippen LogP) is 2.90. The largest absolute Gasteiger partial charge is 0.494 e. The first kappa shape index (κ1) is 23.8. The van der Waals surface area contributed by atoms with Gasteiger partial charge in [0.1, 0.15) is 10.7 Å². The third-order valence-corrected chi connectivity index (χ3v) is 5.55. The van der Waals surface area contributed by atoms with Gasteiger partial charge in [-0.15, -0.1) is 0 Å². The zero-order chi connectivity index (χ0) is 22.0. The topological polar surface area (TPSA) is 101 Å². The van der Waals surface area contributed by atoms with Crippen molar-refractivity contribution in [3.63, 3.8) is 0 Å². The van der Waals surface area contributed by atoms with Crippen molar-refractivity contribution < 1.29 is 28.2 Å². The number of sulfone groups is 1. The zero-order valence-corrected chi connectivity index (χ0v) is 17.8. The predicted molar refractivity (Wildman–Crippen MR) is 117 cm³/mol. The second kappa shape index (κ2) is 11.6. The summed E-state index contributed by atoms with van der Waals surface area (Å²) in [6.45, 7) is 0.493. The number of aliphatic hydroxyl groups is 2. The molecule has 0 aliphatic heterocycles. The number of hydrogen-bond donors (Lipinski definition) is 2. The minimum Gasteiger partial charge on any atom is -0.494 e. The van der Waals surface area contributed by atoms with Crippen molar-refractivity contribution >= 4 is 15.6 Å². The highest BCUT2D eigenvalue weighted by Crippen LogP contribution is 2.30. The molecular weight excluding hydrogens is 404 g/mol. The van der Waals surface area contributed by atoms with Gasteiger partial charge in [0.2, 0.25) is 5.78 Å². The minimum absolute atomic E-state index is 0.00696. The average Bonchev–Trinajstić information content (AvgIpc) is 3.03. The van der Waals surface area contributed by atoms with E-state index in [1.807, 2.05) is 36.4 Å². The van der Waals surface area contributed by atoms with Crippen LogP contribution >= 0.6 is 0 Å². The van der Waals surface area contributed by atoms with Gasteiger partial charge in [0.05, 0.1) is 12.7 Å². The molecule has 1 aromatic carbocycles. The van der Waals surface area contributed by atoms with Crippen molar-refractivity contribution in [1.82, 2.24) is 0 Å². The molecule has 30 heavy (non-hydrogen) atoms. The van der Waals surface area contributed by atoms with E-state index in [4.69, 9.17) is 9.84 Å². The molecule has 0 amide bonds. The summed E-state index contributed by atoms with van der Waals surface area (Å²) in [5.41, 5.74) is 0.833. The van der Waals surface area contributed by atoms with Crippen molar-refractivity contribution in [2.75, 3.05) is 19.5 Å². The summed E-state index contributed by atoms with van der Waals surface area (Å²) in [4.78, 5) is 12.3. The number of para-hydroxylation sites is 1. The third kappa shape index (κ3) is 7.40. The van der Waals surface area contributed by atoms with Gasteiger partial charge in [-0.05, 0) is 49.5 Å². The van der Waals surface area contributed by atoms with Crippen LogP contribution in [0.5, 0.6) is 5.75 Å². The molecule has 6 nitrogen and oxygen atoms in total. The Labute approximate surface area is 177 Å². The Kier molecular flexibility index (Phi) is 9.23. The number of ether oxygens (including phenoxy) is 1. The van der Waals surface area contributed by atoms with E-state index in [9.17, 15) is 18.3 Å². The molecule has 1 atom stereocenters. The van der Waals surface area contributed by atoms with E-state index in [0.717, 1.165) is 12.0 Å². The molecule has 0 fully saturated rings. The van der Waals surface area contributed by atoms with Crippen molar-refractivity contribution in [3.05, 3.63) is 76.8 Å². The van der Waals surface area contributed by atoms with E-state index in [-0.39, 0.29) is 17.1 Å². The van der Waals surface area contributed by atoms with E-state index in [1.165, 1.54) is 18.2 Å². The van der Waals surface area contributed by atoms with Crippen molar-refractivity contribution in [3.8, 4) is 5.75 Å². The molecule has 0 radical (unpaired) electrons. The van der Waals surface area contributed by atoms with Crippen LogP contribution in [-0.4, -0.2) is 50.0 Å². The van der Waals surface area contributed by atoms with Gasteiger partial charge < -0.3 is 14.9 Å². The average molecular weight is 433 g/mol. The number of benzene rings is 1. The number of allylic oxidation sites excluding steroid dienone is 7. The van der Waals surface area contributed by atoms with Crippen LogP contribution in [-0.2, 0) is 14.6 Å². The Morgan fingerprint density at radius 1 is 1.17 bits per heavy atom. The molecule has 7 heteroatoms. The third-order valence-electron chi connectivity index (χ3n) is 4.44. The number of unbranched alkanes of at least 4 members (excludes halogenated alkanes) is 1. The monoisotopic (exact) mass is 432 g/mol. The van der Waals surface area contributed by atoms with E-state index < -0.39 is 21.7 Å². The fraction of sp³-hybridized carbons (Fsp3) is 0.348. The van der Waals surface area contributed by atoms with E-state index in [1.54, 1.807) is 6.08 Å². The maximum atomic E-state index is 12.6. The van der Waals surface area contributed by atoms with E-state index >= 15 is 0 Å². The lowest BCUT2D eigenvalue weighted by Crippen LogP contribution is -2.09. The molecule has 0 saturated carbocycles. The van der Waals surface area contributed by atoms with E-state index in [0.29, 0.717) is 37.9 Å². The van der Waals surface area contributed by atoms with Gasteiger partial charge in [-0.1, -0.05) is 42.5 Å². The Morgan fingerprint density at radius 3 is 2.57 bits per heavy atom. The highest BCUT2D eigenvalue weighted by atomic mass is 32.2. The Morgan fingerprint density at radius 2 is 1.90 bits per heavy atom. The Balaban J connectivity index is 2.06. The molecule has 1 aliphatic rings. The SMILES string of the molecule is CS(=O)(=O)C1=CC(=CCCCOc2ccccc2)/C(=C/C=C\C(O)CCCO)C1=O. The molecule has 0 spiro atoms. The molecule has 2 N–H and O–H groups in total. The lowest BCUT2D eigenvalue weighted by Gasteiger charge is -2.05. The van der Waals surface area contributed by atoms with E-state index in [2.05, 4.69) is 0 Å². The number of ketones is 1. The second-order valence-electron chi connectivity index (χ2n) is 6.97. The van der Waals surface area contributed by atoms with Gasteiger partial charge in [0.15, 0.2) is 9.84 Å². The number of carbonyl (C=O) groups is 1. The molecule has 0 heterocycles. The summed E-state index contributed by atoms with van der Waals surface area (Å²) in [6, 6.07) is 9.44. The Bertz CT molecular complexity index is 939. The minimum atomic E-state index is -3.64. The van der Waals surface area contributed by atoms with Gasteiger partial charge in [0.25, 0.3) is 0 Å². The van der Waals surface area contributed by atoms with Crippen LogP contribution in [0.25, 0.3) is 0 Å². The highest BCUT2D eigenvalue weighted by Gasteiger charge is 2.31. The second-order valence-corrected chi connectivity index (χ2v) is 8.96. The number of Topliss-reactive ketones (excluding diaryl/α,β-unsaturated/α-hetero) is 1. The van der Waals surface area contributed by atoms with Crippen LogP contribution in [0.2, 0.25) is 0 Å². The quantitative estimate of drug-likeness (QED) is 0.412. The van der Waals surface area contributed by atoms with Crippen LogP contribution in [0.4, 0.5) is 0 Å². The normalized spacial score (nSPS) is 18.4. The van der Waals surface area contributed by atoms with Gasteiger partial charge in [0, 0.05) is 18.4 Å². The van der Waals surface area contributed by atoms with Gasteiger partial charge in [-0.25, -0.2) is 8.42 Å². The summed E-state index contributed by atoms with van der Waals surface area (Å²) in [5.74, 6) is 0.240. The fourth-order valence-corrected chi connectivity index (χ4v) is 3.68. The summed E-state index contributed by atoms with van der Waals surface area (Å²) in [5, 5.41) is 18.6. The van der Waals surface area contributed by atoms with Crippen LogP contribution < -0.4 is 4.74 Å². The summed E-state index contributed by atoms with van der Waals surface area (Å²) < 4.78 is 29.5. The van der Waals surface area contributed by atoms with Crippen molar-refractivity contribution in [2.45, 2.75) is 31.8 Å². The summed E-state index contributed by atoms with van der Waals surface area (Å²) in [6.07, 6.45) is 10.3. The molecule has 2 rings (SSSR count). The van der Waals surface area contributed by atoms with Gasteiger partial charge >= 0.3 is 0 Å². The number of rotatable bonds is 11. The molecule has 0 aromatic heterocycles. The molecular formula is C23H28O6S. The molecule has 0 saturated heterocycles. The number of carbonyl (C=O) groups excluding carboxylic acids is 1. The highest BCUT2D eigenvalue weighted by molar-refractivity contribution is 7.95. The standard InChI is InChI=1S/C23H28O6S/c1-30(27,28)22-17-18(9-5-6-16-29-20-12-3-2-4-13-20)21(23(22)26)14-7-10-19(25)11-8-15-24/h2-4,7,9-10,12-14,17,19,24-25H,5-6,8,11,15-16H2,1H3/b10-7-,18-9?,21-14-. The number of hydrogen-bond acceptors (Lipinski definition) is 6. The fourth-order valence-electron chi connectivity index (χ4n) is 2.89. The van der Waals surface area contributed by atoms with Crippen LogP contribution in [0.15, 0.2) is 76.8 Å². The molecule has 0 bridgehead atoms. The lowest BCUT2D eigenvalue weighted by molar-refractivity contribution is -0.111. The maximum Gasteiger partial charge on any atom is 0.205 e. The molecule has 1 aromatic rings. The van der Waals surface area contributed by atoms with Gasteiger partial charge in [-0.2, -0.15) is 0 Å². The van der Waals surface area contributed by atoms with Crippen LogP contribution in [0.3, 0.4) is 0 Å². The maximum absolute atomic E-state index is 12.6. The molecule has 162 valence electrons. The van der Waals surface area contributed by atoms with Crippen molar-refractivity contribution in [2.24, 2.45) is 0 Å². The smallest absolute Gasteiger partial charge is 0.205 e. The molecule has 1 aliphatic carbocycles.